The van der Waals surface area contributed by atoms with Gasteiger partial charge in [0, 0.05) is 0 Å². The summed E-state index contributed by atoms with van der Waals surface area (Å²) in [4.78, 5) is 10.3. The van der Waals surface area contributed by atoms with Crippen LogP contribution in [0.15, 0.2) is 0 Å². The summed E-state index contributed by atoms with van der Waals surface area (Å²) in [5.41, 5.74) is 0. The van der Waals surface area contributed by atoms with Crippen molar-refractivity contribution in [1.29, 1.82) is 0 Å². The van der Waals surface area contributed by atoms with E-state index in [1.807, 2.05) is 0 Å². The Morgan fingerprint density at radius 1 is 1.67 bits per heavy atom. The van der Waals surface area contributed by atoms with Gasteiger partial charge < -0.3 is 0 Å². The molecule has 1 saturated heterocycles. The molecule has 1 aliphatic heterocycles. The fraction of sp³-hybridized carbons (Fsp3) is 0.750. The Hall–Kier alpha value is 0.540. The number of hydrogen-bond acceptors (Lipinski definition) is 1. The van der Waals surface area contributed by atoms with Crippen molar-refractivity contribution < 1.29 is 4.79 Å². The molecule has 0 aliphatic carbocycles. The van der Waals surface area contributed by atoms with Crippen LogP contribution in [0.1, 0.15) is 6.42 Å². The molecule has 0 aromatic rings. The second-order valence-corrected chi connectivity index (χ2v) is 6.03. The van der Waals surface area contributed by atoms with Gasteiger partial charge in [-0.05, 0) is 0 Å². The van der Waals surface area contributed by atoms with Crippen LogP contribution in [-0.4, -0.2) is 28.7 Å². The van der Waals surface area contributed by atoms with Crippen LogP contribution in [-0.2, 0) is 4.79 Å². The van der Waals surface area contributed by atoms with Gasteiger partial charge in [0.15, 0.2) is 0 Å². The van der Waals surface area contributed by atoms with Gasteiger partial charge in [-0.15, -0.1) is 0 Å². The van der Waals surface area contributed by atoms with Gasteiger partial charge in [-0.1, -0.05) is 0 Å². The van der Waals surface area contributed by atoms with Gasteiger partial charge in [-0.25, -0.2) is 0 Å². The van der Waals surface area contributed by atoms with E-state index in [0.29, 0.717) is 5.78 Å². The second-order valence-electron chi connectivity index (χ2n) is 1.57. The van der Waals surface area contributed by atoms with Crippen LogP contribution in [0.25, 0.3) is 0 Å². The van der Waals surface area contributed by atoms with Gasteiger partial charge in [0.1, 0.15) is 0 Å². The Bertz CT molecular complexity index is 61.9. The van der Waals surface area contributed by atoms with Crippen LogP contribution in [0.3, 0.4) is 0 Å². The van der Waals surface area contributed by atoms with E-state index in [0.717, 1.165) is 10.6 Å². The third-order valence-corrected chi connectivity index (χ3v) is 5.11. The average molecular weight is 185 g/mol. The molecule has 0 bridgehead atoms. The van der Waals surface area contributed by atoms with E-state index in [-0.39, 0.29) is 22.9 Å². The minimum absolute atomic E-state index is 0.219. The third-order valence-electron chi connectivity index (χ3n) is 0.999. The topological polar surface area (TPSA) is 17.1 Å². The zero-order valence-electron chi connectivity index (χ0n) is 3.61. The van der Waals surface area contributed by atoms with Crippen LogP contribution in [0.4, 0.5) is 0 Å². The molecule has 2 heteroatoms. The summed E-state index contributed by atoms with van der Waals surface area (Å²) in [5.74, 6) is 0.538. The van der Waals surface area contributed by atoms with Crippen molar-refractivity contribution in [2.24, 2.45) is 0 Å². The van der Waals surface area contributed by atoms with Crippen LogP contribution in [0, 0.1) is 0 Å². The number of hydrogen-bond donors (Lipinski definition) is 0. The molecule has 0 saturated carbocycles. The van der Waals surface area contributed by atoms with Crippen molar-refractivity contribution in [3.63, 3.8) is 0 Å². The van der Waals surface area contributed by atoms with E-state index in [9.17, 15) is 4.79 Å². The van der Waals surface area contributed by atoms with E-state index in [4.69, 9.17) is 0 Å². The molecule has 6 heavy (non-hydrogen) atoms. The van der Waals surface area contributed by atoms with E-state index in [1.54, 1.807) is 0 Å². The van der Waals surface area contributed by atoms with Gasteiger partial charge in [0.2, 0.25) is 0 Å². The summed E-state index contributed by atoms with van der Waals surface area (Å²) in [6, 6.07) is 0. The van der Waals surface area contributed by atoms with Crippen molar-refractivity contribution in [2.75, 3.05) is 0 Å². The second kappa shape index (κ2) is 2.01. The van der Waals surface area contributed by atoms with Crippen molar-refractivity contribution in [3.8, 4) is 0 Å². The summed E-state index contributed by atoms with van der Waals surface area (Å²) in [7, 11) is 0. The van der Waals surface area contributed by atoms with Gasteiger partial charge in [0.05, 0.1) is 0 Å². The maximum atomic E-state index is 10.3. The molecule has 0 spiro atoms. The molecule has 31 valence electrons. The normalized spacial score (nSPS) is 21.0. The zero-order chi connectivity index (χ0) is 4.41. The molecule has 1 aliphatic rings. The maximum absolute atomic E-state index is 10.3. The molecular formula is C4H6InO. The SMILES string of the molecule is O=C1C[CH2][In][CH2]1. The average Bonchev–Trinajstić information content (AvgIpc) is 1.86. The Balaban J connectivity index is 2.37. The molecular weight excluding hydrogens is 179 g/mol. The molecule has 0 aromatic heterocycles. The van der Waals surface area contributed by atoms with Crippen LogP contribution < -0.4 is 0 Å². The first-order valence-electron chi connectivity index (χ1n) is 2.23. The Kier molecular flexibility index (Phi) is 1.57. The number of rotatable bonds is 0. The van der Waals surface area contributed by atoms with Gasteiger partial charge in [-0.3, -0.25) is 0 Å². The predicted molar refractivity (Wildman–Crippen MR) is 25.0 cm³/mol. The molecule has 0 N–H and O–H groups in total. The molecule has 0 atom stereocenters. The van der Waals surface area contributed by atoms with E-state index in [1.165, 1.54) is 4.18 Å². The number of ketones is 1. The van der Waals surface area contributed by atoms with Gasteiger partial charge in [-0.2, -0.15) is 0 Å². The molecule has 0 unspecified atom stereocenters. The van der Waals surface area contributed by atoms with Gasteiger partial charge in [0.25, 0.3) is 0 Å². The summed E-state index contributed by atoms with van der Waals surface area (Å²) in [6.45, 7) is 0. The summed E-state index contributed by atoms with van der Waals surface area (Å²) < 4.78 is 2.36. The Labute approximate surface area is 48.5 Å². The summed E-state index contributed by atoms with van der Waals surface area (Å²) in [5, 5.41) is 0. The molecule has 1 radical (unpaired) electrons. The first kappa shape index (κ1) is 4.69. The zero-order valence-corrected chi connectivity index (χ0v) is 6.90. The van der Waals surface area contributed by atoms with Crippen LogP contribution in [0.2, 0.25) is 8.35 Å². The number of carbonyl (C=O) groups is 1. The third kappa shape index (κ3) is 1.00. The van der Waals surface area contributed by atoms with E-state index < -0.39 is 0 Å². The van der Waals surface area contributed by atoms with Crippen molar-refractivity contribution >= 4 is 28.7 Å². The summed E-state index contributed by atoms with van der Waals surface area (Å²) in [6.07, 6.45) is 0.932. The molecule has 1 fully saturated rings. The Morgan fingerprint density at radius 3 is 2.67 bits per heavy atom. The number of carbonyl (C=O) groups excluding carboxylic acids is 1. The fourth-order valence-electron chi connectivity index (χ4n) is 0.628. The minimum atomic E-state index is -0.219. The summed E-state index contributed by atoms with van der Waals surface area (Å²) >= 11 is -0.219. The number of Topliss-reactive ketones (excluding diaryl/α,β-unsaturated/α-hetero) is 1. The van der Waals surface area contributed by atoms with Crippen molar-refractivity contribution in [2.45, 2.75) is 14.8 Å². The first-order chi connectivity index (χ1) is 2.89. The molecule has 0 amide bonds. The molecule has 1 rings (SSSR count). The van der Waals surface area contributed by atoms with Crippen LogP contribution >= 0.6 is 0 Å². The predicted octanol–water partition coefficient (Wildman–Crippen LogP) is 0.500. The molecule has 1 nitrogen and oxygen atoms in total. The quantitative estimate of drug-likeness (QED) is 0.536. The van der Waals surface area contributed by atoms with Crippen molar-refractivity contribution in [1.82, 2.24) is 0 Å². The van der Waals surface area contributed by atoms with Crippen LogP contribution in [0.5, 0.6) is 0 Å². The standard InChI is InChI=1S/C4H6O.In/c1-3-4(2)5;/h1-3H2;. The fourth-order valence-corrected chi connectivity index (χ4v) is 4.21. The monoisotopic (exact) mass is 185 g/mol. The van der Waals surface area contributed by atoms with E-state index >= 15 is 0 Å². The molecule has 1 heterocycles. The van der Waals surface area contributed by atoms with Gasteiger partial charge >= 0.3 is 48.3 Å². The Morgan fingerprint density at radius 2 is 2.50 bits per heavy atom. The molecule has 0 aromatic carbocycles. The van der Waals surface area contributed by atoms with E-state index in [2.05, 4.69) is 0 Å². The first-order valence-corrected chi connectivity index (χ1v) is 6.89. The van der Waals surface area contributed by atoms with Crippen molar-refractivity contribution in [3.05, 3.63) is 0 Å².